The van der Waals surface area contributed by atoms with Gasteiger partial charge in [-0.3, -0.25) is 4.79 Å². The van der Waals surface area contributed by atoms with Gasteiger partial charge >= 0.3 is 0 Å². The molecule has 0 aliphatic carbocycles. The number of carbonyl (C=O) groups excluding carboxylic acids is 1. The lowest BCUT2D eigenvalue weighted by atomic mass is 10.2. The summed E-state index contributed by atoms with van der Waals surface area (Å²) in [5.41, 5.74) is 0. The van der Waals surface area contributed by atoms with Gasteiger partial charge in [0, 0.05) is 26.6 Å². The van der Waals surface area contributed by atoms with Crippen LogP contribution in [0, 0.1) is 0 Å². The predicted octanol–water partition coefficient (Wildman–Crippen LogP) is 3.23. The Morgan fingerprint density at radius 3 is 2.41 bits per heavy atom. The molecule has 0 aliphatic heterocycles. The van der Waals surface area contributed by atoms with Gasteiger partial charge in [-0.25, -0.2) is 0 Å². The quantitative estimate of drug-likeness (QED) is 0.551. The largest absolute Gasteiger partial charge is 0.377 e. The third-order valence-corrected chi connectivity index (χ3v) is 2.82. The highest BCUT2D eigenvalue weighted by atomic mass is 16.5. The third kappa shape index (κ3) is 9.16. The van der Waals surface area contributed by atoms with Gasteiger partial charge < -0.3 is 9.64 Å². The van der Waals surface area contributed by atoms with E-state index in [9.17, 15) is 4.79 Å². The lowest BCUT2D eigenvalue weighted by Gasteiger charge is -2.24. The van der Waals surface area contributed by atoms with Crippen LogP contribution in [0.4, 0.5) is 0 Å². The maximum Gasteiger partial charge on any atom is 0.219 e. The first-order valence-corrected chi connectivity index (χ1v) is 6.98. The van der Waals surface area contributed by atoms with Crippen molar-refractivity contribution in [2.75, 3.05) is 19.7 Å². The summed E-state index contributed by atoms with van der Waals surface area (Å²) in [5.74, 6) is 0.147. The first kappa shape index (κ1) is 16.4. The Morgan fingerprint density at radius 2 is 1.88 bits per heavy atom. The summed E-state index contributed by atoms with van der Waals surface area (Å²) in [7, 11) is 0. The average molecular weight is 243 g/mol. The van der Waals surface area contributed by atoms with Crippen LogP contribution >= 0.6 is 0 Å². The second kappa shape index (κ2) is 10.6. The summed E-state index contributed by atoms with van der Waals surface area (Å²) in [4.78, 5) is 13.2. The summed E-state index contributed by atoms with van der Waals surface area (Å²) in [6.45, 7) is 10.3. The molecule has 0 N–H and O–H groups in total. The minimum Gasteiger partial charge on any atom is -0.377 e. The molecule has 1 unspecified atom stereocenters. The maximum atomic E-state index is 11.4. The molecule has 0 aromatic carbocycles. The van der Waals surface area contributed by atoms with Crippen LogP contribution in [0.1, 0.15) is 59.8 Å². The van der Waals surface area contributed by atoms with Crippen LogP contribution in [0.2, 0.25) is 0 Å². The summed E-state index contributed by atoms with van der Waals surface area (Å²) < 4.78 is 5.72. The topological polar surface area (TPSA) is 29.5 Å². The Bertz CT molecular complexity index is 195. The van der Waals surface area contributed by atoms with E-state index in [2.05, 4.69) is 13.8 Å². The summed E-state index contributed by atoms with van der Waals surface area (Å²) in [6.07, 6.45) is 6.06. The number of amides is 1. The summed E-state index contributed by atoms with van der Waals surface area (Å²) >= 11 is 0. The molecule has 0 aliphatic rings. The highest BCUT2D eigenvalue weighted by molar-refractivity contribution is 5.73. The van der Waals surface area contributed by atoms with Gasteiger partial charge in [0.05, 0.1) is 6.10 Å². The van der Waals surface area contributed by atoms with Crippen molar-refractivity contribution in [3.63, 3.8) is 0 Å². The molecular formula is C14H29NO2. The molecular weight excluding hydrogens is 214 g/mol. The number of hydrogen-bond donors (Lipinski definition) is 0. The predicted molar refractivity (Wildman–Crippen MR) is 72.1 cm³/mol. The molecule has 1 amide bonds. The molecule has 0 radical (unpaired) electrons. The fraction of sp³-hybridized carbons (Fsp3) is 0.929. The van der Waals surface area contributed by atoms with Gasteiger partial charge in [0.2, 0.25) is 5.91 Å². The number of hydrogen-bond acceptors (Lipinski definition) is 2. The highest BCUT2D eigenvalue weighted by Gasteiger charge is 2.12. The number of rotatable bonds is 10. The van der Waals surface area contributed by atoms with Crippen molar-refractivity contribution in [3.8, 4) is 0 Å². The van der Waals surface area contributed by atoms with Crippen molar-refractivity contribution in [3.05, 3.63) is 0 Å². The normalized spacial score (nSPS) is 12.5. The second-order valence-electron chi connectivity index (χ2n) is 4.71. The Kier molecular flexibility index (Phi) is 10.2. The third-order valence-electron chi connectivity index (χ3n) is 2.82. The minimum absolute atomic E-state index is 0.145. The van der Waals surface area contributed by atoms with E-state index in [0.29, 0.717) is 0 Å². The lowest BCUT2D eigenvalue weighted by Crippen LogP contribution is -2.36. The summed E-state index contributed by atoms with van der Waals surface area (Å²) in [6, 6.07) is 0. The van der Waals surface area contributed by atoms with Gasteiger partial charge in [-0.2, -0.15) is 0 Å². The highest BCUT2D eigenvalue weighted by Crippen LogP contribution is 2.03. The molecule has 17 heavy (non-hydrogen) atoms. The van der Waals surface area contributed by atoms with E-state index in [1.165, 1.54) is 19.3 Å². The van der Waals surface area contributed by atoms with E-state index in [1.807, 2.05) is 11.8 Å². The average Bonchev–Trinajstić information content (AvgIpc) is 2.28. The minimum atomic E-state index is 0.145. The first-order chi connectivity index (χ1) is 8.11. The van der Waals surface area contributed by atoms with Crippen molar-refractivity contribution in [1.29, 1.82) is 0 Å². The fourth-order valence-corrected chi connectivity index (χ4v) is 1.82. The van der Waals surface area contributed by atoms with Crippen molar-refractivity contribution in [2.24, 2.45) is 0 Å². The molecule has 0 aromatic rings. The molecule has 0 saturated carbocycles. The van der Waals surface area contributed by atoms with Gasteiger partial charge in [0.25, 0.3) is 0 Å². The molecule has 0 fully saturated rings. The molecule has 0 spiro atoms. The lowest BCUT2D eigenvalue weighted by molar-refractivity contribution is -0.130. The molecule has 0 rings (SSSR count). The zero-order valence-electron chi connectivity index (χ0n) is 12.0. The van der Waals surface area contributed by atoms with Gasteiger partial charge in [-0.05, 0) is 19.8 Å². The van der Waals surface area contributed by atoms with Gasteiger partial charge in [-0.15, -0.1) is 0 Å². The molecule has 0 bridgehead atoms. The molecule has 0 aromatic heterocycles. The Morgan fingerprint density at radius 1 is 1.18 bits per heavy atom. The van der Waals surface area contributed by atoms with E-state index in [1.54, 1.807) is 6.92 Å². The number of ether oxygens (including phenoxy) is 1. The second-order valence-corrected chi connectivity index (χ2v) is 4.71. The Hall–Kier alpha value is -0.570. The van der Waals surface area contributed by atoms with Crippen LogP contribution in [0.15, 0.2) is 0 Å². The first-order valence-electron chi connectivity index (χ1n) is 6.98. The number of nitrogens with zero attached hydrogens (tertiary/aromatic N) is 1. The van der Waals surface area contributed by atoms with Crippen LogP contribution in [0.5, 0.6) is 0 Å². The van der Waals surface area contributed by atoms with Crippen LogP contribution in [-0.2, 0) is 9.53 Å². The Balaban J connectivity index is 3.67. The van der Waals surface area contributed by atoms with Crippen molar-refractivity contribution in [1.82, 2.24) is 4.90 Å². The molecule has 3 nitrogen and oxygen atoms in total. The van der Waals surface area contributed by atoms with Crippen molar-refractivity contribution >= 4 is 5.91 Å². The molecule has 3 heteroatoms. The van der Waals surface area contributed by atoms with E-state index in [-0.39, 0.29) is 12.0 Å². The fourth-order valence-electron chi connectivity index (χ4n) is 1.82. The van der Waals surface area contributed by atoms with Crippen LogP contribution in [-0.4, -0.2) is 36.6 Å². The smallest absolute Gasteiger partial charge is 0.219 e. The monoisotopic (exact) mass is 243 g/mol. The van der Waals surface area contributed by atoms with E-state index >= 15 is 0 Å². The van der Waals surface area contributed by atoms with E-state index in [4.69, 9.17) is 4.74 Å². The van der Waals surface area contributed by atoms with Gasteiger partial charge in [0.15, 0.2) is 0 Å². The van der Waals surface area contributed by atoms with Crippen molar-refractivity contribution in [2.45, 2.75) is 65.9 Å². The molecule has 1 atom stereocenters. The van der Waals surface area contributed by atoms with Crippen LogP contribution < -0.4 is 0 Å². The van der Waals surface area contributed by atoms with E-state index < -0.39 is 0 Å². The summed E-state index contributed by atoms with van der Waals surface area (Å²) in [5, 5.41) is 0. The zero-order valence-corrected chi connectivity index (χ0v) is 12.0. The van der Waals surface area contributed by atoms with E-state index in [0.717, 1.165) is 32.5 Å². The number of carbonyl (C=O) groups is 1. The van der Waals surface area contributed by atoms with Crippen LogP contribution in [0.25, 0.3) is 0 Å². The maximum absolute atomic E-state index is 11.4. The number of unbranched alkanes of at least 4 members (excludes halogenated alkanes) is 3. The SMILES string of the molecule is CCCCCCOC(C)CN(CCC)C(C)=O. The zero-order chi connectivity index (χ0) is 13.1. The molecule has 0 saturated heterocycles. The van der Waals surface area contributed by atoms with Crippen molar-refractivity contribution < 1.29 is 9.53 Å². The molecule has 0 heterocycles. The van der Waals surface area contributed by atoms with Crippen LogP contribution in [0.3, 0.4) is 0 Å². The molecule has 102 valence electrons. The van der Waals surface area contributed by atoms with Gasteiger partial charge in [0.1, 0.15) is 0 Å². The van der Waals surface area contributed by atoms with Gasteiger partial charge in [-0.1, -0.05) is 33.1 Å². The Labute approximate surface area is 107 Å². The standard InChI is InChI=1S/C14H29NO2/c1-5-7-8-9-11-17-13(3)12-15(10-6-2)14(4)16/h13H,5-12H2,1-4H3.